The molecule has 0 unspecified atom stereocenters. The van der Waals surface area contributed by atoms with Crippen molar-refractivity contribution in [3.8, 4) is 11.3 Å². The van der Waals surface area contributed by atoms with Gasteiger partial charge in [-0.2, -0.15) is 0 Å². The number of ether oxygens (including phenoxy) is 2. The Morgan fingerprint density at radius 1 is 0.970 bits per heavy atom. The lowest BCUT2D eigenvalue weighted by atomic mass is 10.0. The molecule has 2 aromatic carbocycles. The predicted octanol–water partition coefficient (Wildman–Crippen LogP) is 4.65. The molecule has 2 amide bonds. The van der Waals surface area contributed by atoms with Crippen molar-refractivity contribution in [3.63, 3.8) is 0 Å². The van der Waals surface area contributed by atoms with Crippen LogP contribution in [0.1, 0.15) is 16.1 Å². The molecule has 0 aliphatic carbocycles. The third-order valence-electron chi connectivity index (χ3n) is 4.82. The molecule has 0 spiro atoms. The Bertz CT molecular complexity index is 1290. The molecule has 4 rings (SSSR count). The maximum absolute atomic E-state index is 13.2. The van der Waals surface area contributed by atoms with Crippen molar-refractivity contribution in [2.24, 2.45) is 0 Å². The van der Waals surface area contributed by atoms with Crippen LogP contribution >= 0.6 is 0 Å². The highest BCUT2D eigenvalue weighted by Crippen LogP contribution is 2.28. The number of amides is 2. The van der Waals surface area contributed by atoms with E-state index in [0.29, 0.717) is 40.3 Å². The molecule has 2 heterocycles. The molecule has 0 fully saturated rings. The number of nitrogens with one attached hydrogen (secondary N) is 2. The Morgan fingerprint density at radius 2 is 1.73 bits per heavy atom. The minimum absolute atomic E-state index is 0.138. The van der Waals surface area contributed by atoms with Gasteiger partial charge >= 0.3 is 6.09 Å². The fourth-order valence-electron chi connectivity index (χ4n) is 3.28. The summed E-state index contributed by atoms with van der Waals surface area (Å²) in [5, 5.41) is 10.00. The van der Waals surface area contributed by atoms with Crippen LogP contribution in [0.2, 0.25) is 0 Å². The van der Waals surface area contributed by atoms with Crippen LogP contribution in [0.4, 0.5) is 16.2 Å². The monoisotopic (exact) mass is 446 g/mol. The maximum Gasteiger partial charge on any atom is 0.411 e. The minimum atomic E-state index is -0.612. The molecular formula is C24H22N4O5. The number of carbonyl (C=O) groups excluding carboxylic acids is 2. The summed E-state index contributed by atoms with van der Waals surface area (Å²) >= 11 is 0. The number of benzene rings is 2. The standard InChI is InChI=1S/C24H22N4O5/c1-15-21-19(14-20(27-23(21)33-28-15)16-7-4-3-5-8-16)22(29)25-17-9-6-10-18(13-17)26-24(30)32-12-11-31-2/h3-10,13-14H,11-12H2,1-2H3,(H,25,29)(H,26,30). The SMILES string of the molecule is COCCOC(=O)Nc1cccc(NC(=O)c2cc(-c3ccccc3)nc3onc(C)c23)c1. The Morgan fingerprint density at radius 3 is 2.48 bits per heavy atom. The Kier molecular flexibility index (Phi) is 6.61. The average Bonchev–Trinajstić information content (AvgIpc) is 3.20. The first-order valence-corrected chi connectivity index (χ1v) is 10.2. The van der Waals surface area contributed by atoms with Crippen molar-refractivity contribution < 1.29 is 23.6 Å². The van der Waals surface area contributed by atoms with E-state index < -0.39 is 6.09 Å². The number of aromatic nitrogens is 2. The number of hydrogen-bond acceptors (Lipinski definition) is 7. The number of aryl methyl sites for hydroxylation is 1. The van der Waals surface area contributed by atoms with E-state index >= 15 is 0 Å². The molecule has 0 saturated heterocycles. The Hall–Kier alpha value is -4.24. The van der Waals surface area contributed by atoms with Crippen LogP contribution < -0.4 is 10.6 Å². The van der Waals surface area contributed by atoms with Crippen molar-refractivity contribution in [2.75, 3.05) is 31.0 Å². The van der Waals surface area contributed by atoms with E-state index in [-0.39, 0.29) is 18.2 Å². The maximum atomic E-state index is 13.2. The van der Waals surface area contributed by atoms with E-state index in [1.807, 2.05) is 30.3 Å². The zero-order valence-electron chi connectivity index (χ0n) is 18.1. The predicted molar refractivity (Wildman–Crippen MR) is 123 cm³/mol. The molecule has 4 aromatic rings. The number of fused-ring (bicyclic) bond motifs is 1. The normalized spacial score (nSPS) is 10.7. The molecule has 168 valence electrons. The Labute approximate surface area is 189 Å². The third-order valence-corrected chi connectivity index (χ3v) is 4.82. The summed E-state index contributed by atoms with van der Waals surface area (Å²) < 4.78 is 15.2. The molecule has 2 N–H and O–H groups in total. The molecule has 0 radical (unpaired) electrons. The van der Waals surface area contributed by atoms with Gasteiger partial charge in [-0.15, -0.1) is 0 Å². The number of anilines is 2. The van der Waals surface area contributed by atoms with E-state index in [4.69, 9.17) is 14.0 Å². The van der Waals surface area contributed by atoms with Crippen LogP contribution in [0.3, 0.4) is 0 Å². The zero-order valence-corrected chi connectivity index (χ0v) is 18.1. The third kappa shape index (κ3) is 5.16. The number of carbonyl (C=O) groups is 2. The topological polar surface area (TPSA) is 116 Å². The molecule has 0 bridgehead atoms. The average molecular weight is 446 g/mol. The molecule has 9 heteroatoms. The largest absolute Gasteiger partial charge is 0.447 e. The highest BCUT2D eigenvalue weighted by Gasteiger charge is 2.19. The first-order valence-electron chi connectivity index (χ1n) is 10.2. The van der Waals surface area contributed by atoms with E-state index in [9.17, 15) is 9.59 Å². The molecule has 9 nitrogen and oxygen atoms in total. The summed E-state index contributed by atoms with van der Waals surface area (Å²) in [6.07, 6.45) is -0.612. The molecule has 2 aromatic heterocycles. The van der Waals surface area contributed by atoms with Crippen LogP contribution in [0, 0.1) is 6.92 Å². The van der Waals surface area contributed by atoms with Gasteiger partial charge in [0.15, 0.2) is 0 Å². The number of nitrogens with zero attached hydrogens (tertiary/aromatic N) is 2. The van der Waals surface area contributed by atoms with Gasteiger partial charge in [-0.1, -0.05) is 41.6 Å². The van der Waals surface area contributed by atoms with Gasteiger partial charge in [0.2, 0.25) is 0 Å². The van der Waals surface area contributed by atoms with Crippen molar-refractivity contribution in [1.29, 1.82) is 0 Å². The fourth-order valence-corrected chi connectivity index (χ4v) is 3.28. The van der Waals surface area contributed by atoms with Crippen LogP contribution in [-0.2, 0) is 9.47 Å². The Balaban J connectivity index is 1.58. The van der Waals surface area contributed by atoms with E-state index in [2.05, 4.69) is 20.8 Å². The zero-order chi connectivity index (χ0) is 23.2. The molecular weight excluding hydrogens is 424 g/mol. The van der Waals surface area contributed by atoms with E-state index in [0.717, 1.165) is 5.56 Å². The van der Waals surface area contributed by atoms with Gasteiger partial charge in [0.05, 0.1) is 28.9 Å². The van der Waals surface area contributed by atoms with Crippen molar-refractivity contribution in [3.05, 3.63) is 71.9 Å². The van der Waals surface area contributed by atoms with Gasteiger partial charge in [-0.25, -0.2) is 9.78 Å². The number of hydrogen-bond donors (Lipinski definition) is 2. The van der Waals surface area contributed by atoms with E-state index in [1.165, 1.54) is 7.11 Å². The lowest BCUT2D eigenvalue weighted by molar-refractivity contribution is 0.102. The number of methoxy groups -OCH3 is 1. The van der Waals surface area contributed by atoms with Crippen molar-refractivity contribution in [2.45, 2.75) is 6.92 Å². The van der Waals surface area contributed by atoms with Gasteiger partial charge in [0.25, 0.3) is 11.6 Å². The van der Waals surface area contributed by atoms with Gasteiger partial charge in [-0.3, -0.25) is 10.1 Å². The highest BCUT2D eigenvalue weighted by molar-refractivity contribution is 6.13. The summed E-state index contributed by atoms with van der Waals surface area (Å²) in [5.74, 6) is -0.356. The molecule has 0 atom stereocenters. The summed E-state index contributed by atoms with van der Waals surface area (Å²) in [6.45, 7) is 2.20. The van der Waals surface area contributed by atoms with Gasteiger partial charge in [-0.05, 0) is 31.2 Å². The summed E-state index contributed by atoms with van der Waals surface area (Å²) in [5.41, 5.74) is 3.65. The lowest BCUT2D eigenvalue weighted by Crippen LogP contribution is -2.17. The first kappa shape index (κ1) is 22.0. The second kappa shape index (κ2) is 9.92. The molecule has 33 heavy (non-hydrogen) atoms. The van der Waals surface area contributed by atoms with Crippen LogP contribution in [0.15, 0.2) is 65.2 Å². The number of pyridine rings is 1. The van der Waals surface area contributed by atoms with E-state index in [1.54, 1.807) is 37.3 Å². The molecule has 0 saturated carbocycles. The van der Waals surface area contributed by atoms with Crippen LogP contribution in [0.25, 0.3) is 22.4 Å². The fraction of sp³-hybridized carbons (Fsp3) is 0.167. The van der Waals surface area contributed by atoms with Gasteiger partial charge in [0, 0.05) is 24.0 Å². The first-order chi connectivity index (χ1) is 16.0. The van der Waals surface area contributed by atoms with Gasteiger partial charge < -0.3 is 19.3 Å². The highest BCUT2D eigenvalue weighted by atomic mass is 16.6. The summed E-state index contributed by atoms with van der Waals surface area (Å²) in [4.78, 5) is 29.6. The second-order valence-corrected chi connectivity index (χ2v) is 7.16. The smallest absolute Gasteiger partial charge is 0.411 e. The quantitative estimate of drug-likeness (QED) is 0.397. The second-order valence-electron chi connectivity index (χ2n) is 7.16. The molecule has 0 aliphatic rings. The molecule has 0 aliphatic heterocycles. The lowest BCUT2D eigenvalue weighted by Gasteiger charge is -2.10. The summed E-state index contributed by atoms with van der Waals surface area (Å²) in [7, 11) is 1.52. The minimum Gasteiger partial charge on any atom is -0.447 e. The van der Waals surface area contributed by atoms with Crippen molar-refractivity contribution in [1.82, 2.24) is 10.1 Å². The van der Waals surface area contributed by atoms with Gasteiger partial charge in [0.1, 0.15) is 6.61 Å². The number of rotatable bonds is 7. The van der Waals surface area contributed by atoms with Crippen LogP contribution in [0.5, 0.6) is 0 Å². The van der Waals surface area contributed by atoms with Crippen LogP contribution in [-0.4, -0.2) is 42.5 Å². The van der Waals surface area contributed by atoms with Crippen molar-refractivity contribution >= 4 is 34.5 Å². The summed E-state index contributed by atoms with van der Waals surface area (Å²) in [6, 6.07) is 18.0.